The van der Waals surface area contributed by atoms with Crippen molar-refractivity contribution in [1.29, 1.82) is 0 Å². The van der Waals surface area contributed by atoms with E-state index in [1.54, 1.807) is 25.1 Å². The number of ketones is 1. The van der Waals surface area contributed by atoms with Crippen molar-refractivity contribution >= 4 is 28.6 Å². The second kappa shape index (κ2) is 10.8. The first-order valence-electron chi connectivity index (χ1n) is 10.4. The Hall–Kier alpha value is -4.22. The van der Waals surface area contributed by atoms with Crippen LogP contribution in [0, 0.1) is 17.5 Å². The number of fused-ring (bicyclic) bond motifs is 1. The molecular weight excluding hydrogens is 471 g/mol. The van der Waals surface area contributed by atoms with Crippen LogP contribution in [-0.2, 0) is 14.4 Å². The number of nitrogens with one attached hydrogen (secondary N) is 1. The maximum atomic E-state index is 13.8. The van der Waals surface area contributed by atoms with Crippen LogP contribution in [0.3, 0.4) is 0 Å². The van der Waals surface area contributed by atoms with Gasteiger partial charge in [0.2, 0.25) is 5.91 Å². The summed E-state index contributed by atoms with van der Waals surface area (Å²) in [7, 11) is 0. The average molecular weight is 491 g/mol. The molecule has 3 rings (SSSR count). The molecule has 0 aliphatic rings. The van der Waals surface area contributed by atoms with Crippen LogP contribution in [0.25, 0.3) is 10.9 Å². The number of halogens is 3. The van der Waals surface area contributed by atoms with E-state index < -0.39 is 71.5 Å². The Balaban J connectivity index is 1.80. The summed E-state index contributed by atoms with van der Waals surface area (Å²) < 4.78 is 46.4. The number of benzene rings is 2. The zero-order chi connectivity index (χ0) is 25.7. The van der Waals surface area contributed by atoms with Gasteiger partial charge in [0.1, 0.15) is 24.5 Å². The number of aromatic nitrogens is 2. The summed E-state index contributed by atoms with van der Waals surface area (Å²) in [6.07, 6.45) is 0.418. The first-order chi connectivity index (χ1) is 16.6. The largest absolute Gasteiger partial charge is 0.481 e. The third-order valence-electron chi connectivity index (χ3n) is 5.12. The van der Waals surface area contributed by atoms with E-state index in [-0.39, 0.29) is 11.8 Å². The Morgan fingerprint density at radius 3 is 2.43 bits per heavy atom. The molecule has 1 aromatic heterocycles. The van der Waals surface area contributed by atoms with Crippen LogP contribution in [0.2, 0.25) is 0 Å². The number of aliphatic carboxylic acids is 1. The van der Waals surface area contributed by atoms with Gasteiger partial charge in [-0.3, -0.25) is 23.7 Å². The third kappa shape index (κ3) is 5.83. The van der Waals surface area contributed by atoms with Crippen molar-refractivity contribution in [2.45, 2.75) is 31.8 Å². The molecule has 0 saturated heterocycles. The lowest BCUT2D eigenvalue weighted by Gasteiger charge is -2.22. The molecular formula is C23H20F3N3O6. The number of nitrogens with zero attached hydrogens (tertiary/aromatic N) is 2. The predicted molar refractivity (Wildman–Crippen MR) is 116 cm³/mol. The van der Waals surface area contributed by atoms with E-state index in [0.717, 1.165) is 4.57 Å². The zero-order valence-corrected chi connectivity index (χ0v) is 18.3. The highest BCUT2D eigenvalue weighted by molar-refractivity contribution is 5.93. The summed E-state index contributed by atoms with van der Waals surface area (Å²) in [6, 6.07) is 4.41. The van der Waals surface area contributed by atoms with Gasteiger partial charge in [-0.2, -0.15) is 0 Å². The smallest absolute Gasteiger partial charge is 0.305 e. The first-order valence-corrected chi connectivity index (χ1v) is 10.4. The fraction of sp³-hybridized carbons (Fsp3) is 0.261. The average Bonchev–Trinajstić information content (AvgIpc) is 2.79. The number of amides is 1. The van der Waals surface area contributed by atoms with E-state index in [9.17, 15) is 32.3 Å². The number of carbonyl (C=O) groups is 3. The second-order valence-electron chi connectivity index (χ2n) is 7.51. The monoisotopic (exact) mass is 491 g/mol. The first kappa shape index (κ1) is 25.4. The van der Waals surface area contributed by atoms with E-state index in [2.05, 4.69) is 10.3 Å². The van der Waals surface area contributed by atoms with Gasteiger partial charge in [0.25, 0.3) is 5.56 Å². The molecule has 1 heterocycles. The number of para-hydroxylation sites is 1. The second-order valence-corrected chi connectivity index (χ2v) is 7.51. The Morgan fingerprint density at radius 2 is 1.80 bits per heavy atom. The highest BCUT2D eigenvalue weighted by atomic mass is 19.1. The van der Waals surface area contributed by atoms with Gasteiger partial charge < -0.3 is 15.2 Å². The number of carbonyl (C=O) groups excluding carboxylic acids is 2. The molecule has 0 radical (unpaired) electrons. The van der Waals surface area contributed by atoms with E-state index in [0.29, 0.717) is 17.6 Å². The molecule has 35 heavy (non-hydrogen) atoms. The summed E-state index contributed by atoms with van der Waals surface area (Å²) in [5.41, 5.74) is -0.0929. The highest BCUT2D eigenvalue weighted by Crippen LogP contribution is 2.23. The Kier molecular flexibility index (Phi) is 7.84. The minimum absolute atomic E-state index is 0.0994. The van der Waals surface area contributed by atoms with Crippen molar-refractivity contribution in [3.05, 3.63) is 70.5 Å². The van der Waals surface area contributed by atoms with Crippen molar-refractivity contribution in [2.75, 3.05) is 6.61 Å². The molecule has 3 aromatic rings. The number of rotatable bonds is 10. The minimum Gasteiger partial charge on any atom is -0.481 e. The highest BCUT2D eigenvalue weighted by Gasteiger charge is 2.29. The van der Waals surface area contributed by atoms with Crippen LogP contribution in [0.15, 0.2) is 47.5 Å². The molecule has 2 atom stereocenters. The van der Waals surface area contributed by atoms with Crippen molar-refractivity contribution in [2.24, 2.45) is 0 Å². The zero-order valence-electron chi connectivity index (χ0n) is 18.3. The van der Waals surface area contributed by atoms with Gasteiger partial charge >= 0.3 is 5.97 Å². The van der Waals surface area contributed by atoms with Gasteiger partial charge in [0.15, 0.2) is 23.2 Å². The van der Waals surface area contributed by atoms with Crippen LogP contribution >= 0.6 is 0 Å². The van der Waals surface area contributed by atoms with E-state index in [1.165, 1.54) is 12.4 Å². The standard InChI is InChI=1S/C23H20F3N3O6/c1-2-18(29-11-27-16-6-4-3-5-13(16)23(29)34)22(33)28-17(9-20(31)32)19(30)10-35-21-14(25)7-12(24)8-15(21)26/h3-8,11,17-18H,2,9-10H2,1H3,(H,28,33)(H,31,32). The number of carboxylic acid groups (broad SMARTS) is 1. The van der Waals surface area contributed by atoms with Crippen LogP contribution < -0.4 is 15.6 Å². The molecule has 12 heteroatoms. The van der Waals surface area contributed by atoms with Crippen molar-refractivity contribution in [3.8, 4) is 5.75 Å². The van der Waals surface area contributed by atoms with Crippen molar-refractivity contribution in [3.63, 3.8) is 0 Å². The van der Waals surface area contributed by atoms with Crippen molar-refractivity contribution < 1.29 is 37.4 Å². The van der Waals surface area contributed by atoms with Gasteiger partial charge in [-0.15, -0.1) is 0 Å². The van der Waals surface area contributed by atoms with Crippen LogP contribution in [-0.4, -0.2) is 45.0 Å². The number of ether oxygens (including phenoxy) is 1. The van der Waals surface area contributed by atoms with Crippen LogP contribution in [0.1, 0.15) is 25.8 Å². The third-order valence-corrected chi connectivity index (χ3v) is 5.12. The van der Waals surface area contributed by atoms with E-state index in [4.69, 9.17) is 9.84 Å². The number of hydrogen-bond acceptors (Lipinski definition) is 6. The lowest BCUT2D eigenvalue weighted by atomic mass is 10.1. The Labute approximate surface area is 196 Å². The molecule has 2 N–H and O–H groups in total. The lowest BCUT2D eigenvalue weighted by Crippen LogP contribution is -2.48. The van der Waals surface area contributed by atoms with Gasteiger partial charge in [-0.1, -0.05) is 19.1 Å². The molecule has 0 aliphatic heterocycles. The summed E-state index contributed by atoms with van der Waals surface area (Å²) in [5.74, 6) is -8.32. The molecule has 0 fully saturated rings. The predicted octanol–water partition coefficient (Wildman–Crippen LogP) is 2.37. The van der Waals surface area contributed by atoms with Gasteiger partial charge in [0.05, 0.1) is 23.7 Å². The molecule has 2 unspecified atom stereocenters. The topological polar surface area (TPSA) is 128 Å². The van der Waals surface area contributed by atoms with E-state index in [1.807, 2.05) is 0 Å². The summed E-state index contributed by atoms with van der Waals surface area (Å²) in [4.78, 5) is 53.7. The maximum absolute atomic E-state index is 13.8. The summed E-state index contributed by atoms with van der Waals surface area (Å²) in [5, 5.41) is 11.7. The number of Topliss-reactive ketones (excluding diaryl/α,β-unsaturated/α-hetero) is 1. The molecule has 2 aromatic carbocycles. The maximum Gasteiger partial charge on any atom is 0.305 e. The summed E-state index contributed by atoms with van der Waals surface area (Å²) in [6.45, 7) is 0.592. The molecule has 0 bridgehead atoms. The molecule has 0 spiro atoms. The number of hydrogen-bond donors (Lipinski definition) is 2. The molecule has 0 saturated carbocycles. The lowest BCUT2D eigenvalue weighted by molar-refractivity contribution is -0.140. The van der Waals surface area contributed by atoms with Crippen LogP contribution in [0.5, 0.6) is 5.75 Å². The fourth-order valence-electron chi connectivity index (χ4n) is 3.41. The normalized spacial score (nSPS) is 12.7. The Bertz CT molecular complexity index is 1320. The fourth-order valence-corrected chi connectivity index (χ4v) is 3.41. The van der Waals surface area contributed by atoms with Crippen molar-refractivity contribution in [1.82, 2.24) is 14.9 Å². The quantitative estimate of drug-likeness (QED) is 0.446. The number of carboxylic acids is 1. The van der Waals surface area contributed by atoms with Crippen LogP contribution in [0.4, 0.5) is 13.2 Å². The van der Waals surface area contributed by atoms with Gasteiger partial charge in [-0.25, -0.2) is 18.2 Å². The minimum atomic E-state index is -1.63. The van der Waals surface area contributed by atoms with Gasteiger partial charge in [-0.05, 0) is 18.6 Å². The molecule has 9 nitrogen and oxygen atoms in total. The van der Waals surface area contributed by atoms with Gasteiger partial charge in [0, 0.05) is 12.1 Å². The molecule has 1 amide bonds. The molecule has 184 valence electrons. The SMILES string of the molecule is CCC(C(=O)NC(CC(=O)O)C(=O)COc1c(F)cc(F)cc1F)n1cnc2ccccc2c1=O. The molecule has 0 aliphatic carbocycles. The van der Waals surface area contributed by atoms with E-state index >= 15 is 0 Å². The Morgan fingerprint density at radius 1 is 1.14 bits per heavy atom. The summed E-state index contributed by atoms with van der Waals surface area (Å²) >= 11 is 0.